The van der Waals surface area contributed by atoms with Crippen molar-refractivity contribution in [2.75, 3.05) is 26.2 Å². The second kappa shape index (κ2) is 11.2. The molecule has 2 N–H and O–H groups in total. The molecule has 1 aliphatic rings. The lowest BCUT2D eigenvalue weighted by Crippen LogP contribution is -2.33. The lowest BCUT2D eigenvalue weighted by atomic mass is 9.98. The number of rotatable bonds is 6. The number of benzene rings is 1. The molecular weight excluding hydrogens is 295 g/mol. The number of hydrogen-bond donors (Lipinski definition) is 2. The molecule has 0 aromatic heterocycles. The lowest BCUT2D eigenvalue weighted by Gasteiger charge is -2.22. The third kappa shape index (κ3) is 6.80. The summed E-state index contributed by atoms with van der Waals surface area (Å²) in [6.07, 6.45) is 2.60. The molecule has 0 amide bonds. The van der Waals surface area contributed by atoms with E-state index in [1.165, 1.54) is 31.5 Å². The van der Waals surface area contributed by atoms with Crippen molar-refractivity contribution in [2.24, 2.45) is 5.92 Å². The van der Waals surface area contributed by atoms with Crippen LogP contribution in [0.1, 0.15) is 25.3 Å². The van der Waals surface area contributed by atoms with Crippen LogP contribution in [0.25, 0.3) is 0 Å². The van der Waals surface area contributed by atoms with Crippen LogP contribution in [0.15, 0.2) is 24.3 Å². The minimum atomic E-state index is 0. The normalized spacial score (nSPS) is 15.1. The molecular formula is C15H26Cl2N2O. The maximum absolute atomic E-state index is 5.43. The summed E-state index contributed by atoms with van der Waals surface area (Å²) in [4.78, 5) is 0. The monoisotopic (exact) mass is 320 g/mol. The van der Waals surface area contributed by atoms with Crippen LogP contribution in [0.2, 0.25) is 0 Å². The van der Waals surface area contributed by atoms with Gasteiger partial charge in [-0.25, -0.2) is 0 Å². The molecule has 116 valence electrons. The van der Waals surface area contributed by atoms with Gasteiger partial charge in [-0.3, -0.25) is 0 Å². The van der Waals surface area contributed by atoms with Crippen molar-refractivity contribution < 1.29 is 4.74 Å². The second-order valence-corrected chi connectivity index (χ2v) is 4.90. The van der Waals surface area contributed by atoms with Crippen molar-refractivity contribution in [3.8, 4) is 5.75 Å². The van der Waals surface area contributed by atoms with Gasteiger partial charge in [0.05, 0.1) is 6.61 Å². The van der Waals surface area contributed by atoms with Crippen molar-refractivity contribution in [1.29, 1.82) is 0 Å². The topological polar surface area (TPSA) is 33.3 Å². The highest BCUT2D eigenvalue weighted by molar-refractivity contribution is 5.85. The zero-order chi connectivity index (χ0) is 12.6. The van der Waals surface area contributed by atoms with E-state index in [-0.39, 0.29) is 24.8 Å². The minimum absolute atomic E-state index is 0. The van der Waals surface area contributed by atoms with E-state index in [1.807, 2.05) is 19.1 Å². The van der Waals surface area contributed by atoms with Gasteiger partial charge in [-0.15, -0.1) is 24.8 Å². The fourth-order valence-corrected chi connectivity index (χ4v) is 2.38. The Bertz CT molecular complexity index is 340. The van der Waals surface area contributed by atoms with Gasteiger partial charge in [0.1, 0.15) is 5.75 Å². The smallest absolute Gasteiger partial charge is 0.119 e. The highest BCUT2D eigenvalue weighted by Gasteiger charge is 2.11. The molecule has 1 saturated heterocycles. The van der Waals surface area contributed by atoms with E-state index in [9.17, 15) is 0 Å². The van der Waals surface area contributed by atoms with Crippen LogP contribution in [0.3, 0.4) is 0 Å². The van der Waals surface area contributed by atoms with Gasteiger partial charge < -0.3 is 15.4 Å². The maximum Gasteiger partial charge on any atom is 0.119 e. The minimum Gasteiger partial charge on any atom is -0.494 e. The lowest BCUT2D eigenvalue weighted by molar-refractivity contribution is 0.340. The van der Waals surface area contributed by atoms with E-state index in [4.69, 9.17) is 4.74 Å². The third-order valence-corrected chi connectivity index (χ3v) is 3.46. The van der Waals surface area contributed by atoms with Crippen LogP contribution in [-0.4, -0.2) is 26.2 Å². The Labute approximate surface area is 134 Å². The summed E-state index contributed by atoms with van der Waals surface area (Å²) in [5.41, 5.74) is 1.33. The molecule has 1 aliphatic heterocycles. The Kier molecular flexibility index (Phi) is 10.9. The van der Waals surface area contributed by atoms with Crippen LogP contribution < -0.4 is 15.4 Å². The third-order valence-electron chi connectivity index (χ3n) is 3.46. The molecule has 2 rings (SSSR count). The van der Waals surface area contributed by atoms with Gasteiger partial charge in [-0.2, -0.15) is 0 Å². The number of hydrogen-bond acceptors (Lipinski definition) is 3. The highest BCUT2D eigenvalue weighted by Crippen LogP contribution is 2.13. The van der Waals surface area contributed by atoms with Gasteiger partial charge in [0.2, 0.25) is 0 Å². The molecule has 1 aromatic rings. The molecule has 0 saturated carbocycles. The summed E-state index contributed by atoms with van der Waals surface area (Å²) >= 11 is 0. The average molecular weight is 321 g/mol. The molecule has 3 nitrogen and oxygen atoms in total. The zero-order valence-corrected chi connectivity index (χ0v) is 13.7. The summed E-state index contributed by atoms with van der Waals surface area (Å²) in [7, 11) is 0. The number of piperidine rings is 1. The van der Waals surface area contributed by atoms with E-state index >= 15 is 0 Å². The van der Waals surface area contributed by atoms with Crippen molar-refractivity contribution in [1.82, 2.24) is 10.6 Å². The standard InChI is InChI=1S/C15H24N2O.2ClH/c1-2-18-15-5-3-13(4-6-15)11-17-12-14-7-9-16-10-8-14;;/h3-6,14,16-17H,2,7-12H2,1H3;2*1H. The van der Waals surface area contributed by atoms with Gasteiger partial charge in [0.15, 0.2) is 0 Å². The molecule has 0 atom stereocenters. The molecule has 1 heterocycles. The van der Waals surface area contributed by atoms with E-state index in [0.717, 1.165) is 31.4 Å². The van der Waals surface area contributed by atoms with Gasteiger partial charge >= 0.3 is 0 Å². The van der Waals surface area contributed by atoms with Crippen LogP contribution in [-0.2, 0) is 6.54 Å². The van der Waals surface area contributed by atoms with Gasteiger partial charge in [-0.1, -0.05) is 12.1 Å². The number of nitrogens with one attached hydrogen (secondary N) is 2. The van der Waals surface area contributed by atoms with Crippen molar-refractivity contribution in [3.05, 3.63) is 29.8 Å². The van der Waals surface area contributed by atoms with Crippen molar-refractivity contribution in [2.45, 2.75) is 26.3 Å². The Hall–Kier alpha value is -0.480. The molecule has 0 aliphatic carbocycles. The second-order valence-electron chi connectivity index (χ2n) is 4.90. The fraction of sp³-hybridized carbons (Fsp3) is 0.600. The predicted molar refractivity (Wildman–Crippen MR) is 89.4 cm³/mol. The van der Waals surface area contributed by atoms with Crippen molar-refractivity contribution in [3.63, 3.8) is 0 Å². The van der Waals surface area contributed by atoms with Gasteiger partial charge in [0.25, 0.3) is 0 Å². The van der Waals surface area contributed by atoms with E-state index in [0.29, 0.717) is 0 Å². The maximum atomic E-state index is 5.43. The Morgan fingerprint density at radius 2 is 1.80 bits per heavy atom. The molecule has 0 radical (unpaired) electrons. The van der Waals surface area contributed by atoms with Crippen LogP contribution in [0.5, 0.6) is 5.75 Å². The molecule has 0 spiro atoms. The van der Waals surface area contributed by atoms with Crippen LogP contribution >= 0.6 is 24.8 Å². The predicted octanol–water partition coefficient (Wildman–Crippen LogP) is 3.02. The highest BCUT2D eigenvalue weighted by atomic mass is 35.5. The fourth-order valence-electron chi connectivity index (χ4n) is 2.38. The van der Waals surface area contributed by atoms with Crippen molar-refractivity contribution >= 4 is 24.8 Å². The molecule has 0 bridgehead atoms. The van der Waals surface area contributed by atoms with E-state index in [1.54, 1.807) is 0 Å². The Balaban J connectivity index is 0.00000180. The zero-order valence-electron chi connectivity index (χ0n) is 12.1. The van der Waals surface area contributed by atoms with Gasteiger partial charge in [-0.05, 0) is 63.0 Å². The molecule has 0 unspecified atom stereocenters. The summed E-state index contributed by atoms with van der Waals surface area (Å²) in [5, 5.41) is 6.95. The quantitative estimate of drug-likeness (QED) is 0.845. The van der Waals surface area contributed by atoms with Gasteiger partial charge in [0, 0.05) is 6.54 Å². The Morgan fingerprint density at radius 1 is 1.15 bits per heavy atom. The first-order valence-electron chi connectivity index (χ1n) is 7.01. The first kappa shape index (κ1) is 19.5. The van der Waals surface area contributed by atoms with E-state index in [2.05, 4.69) is 22.8 Å². The molecule has 1 fully saturated rings. The molecule has 20 heavy (non-hydrogen) atoms. The largest absolute Gasteiger partial charge is 0.494 e. The first-order valence-corrected chi connectivity index (χ1v) is 7.01. The summed E-state index contributed by atoms with van der Waals surface area (Å²) in [6.45, 7) is 7.18. The van der Waals surface area contributed by atoms with E-state index < -0.39 is 0 Å². The number of halogens is 2. The number of ether oxygens (including phenoxy) is 1. The SMILES string of the molecule is CCOc1ccc(CNCC2CCNCC2)cc1.Cl.Cl. The molecule has 1 aromatic carbocycles. The van der Waals surface area contributed by atoms with Crippen LogP contribution in [0.4, 0.5) is 0 Å². The summed E-state index contributed by atoms with van der Waals surface area (Å²) in [6, 6.07) is 8.37. The molecule has 5 heteroatoms. The van der Waals surface area contributed by atoms with Crippen LogP contribution in [0, 0.1) is 5.92 Å². The first-order chi connectivity index (χ1) is 8.88. The summed E-state index contributed by atoms with van der Waals surface area (Å²) in [5.74, 6) is 1.80. The average Bonchev–Trinajstić information content (AvgIpc) is 2.42. The summed E-state index contributed by atoms with van der Waals surface area (Å²) < 4.78 is 5.43. The Morgan fingerprint density at radius 3 is 2.40 bits per heavy atom.